The summed E-state index contributed by atoms with van der Waals surface area (Å²) in [6, 6.07) is 13.2. The van der Waals surface area contributed by atoms with Gasteiger partial charge in [0.2, 0.25) is 17.7 Å². The molecule has 0 radical (unpaired) electrons. The van der Waals surface area contributed by atoms with E-state index in [2.05, 4.69) is 23.0 Å². The van der Waals surface area contributed by atoms with E-state index in [1.54, 1.807) is 0 Å². The number of nitrogens with two attached hydrogens (primary N) is 1. The van der Waals surface area contributed by atoms with Gasteiger partial charge in [-0.3, -0.25) is 19.2 Å². The summed E-state index contributed by atoms with van der Waals surface area (Å²) in [4.78, 5) is 38.5. The average molecular weight is 447 g/mol. The second-order valence-corrected chi connectivity index (χ2v) is 7.00. The van der Waals surface area contributed by atoms with E-state index in [0.29, 0.717) is 13.2 Å². The second-order valence-electron chi connectivity index (χ2n) is 7.00. The quantitative estimate of drug-likeness (QED) is 0.305. The van der Waals surface area contributed by atoms with Crippen LogP contribution >= 0.6 is 0 Å². The third kappa shape index (κ3) is 10.3. The SMILES string of the molecule is CCCCONC(C)=O.COCC(NC(=O)CN)C(=O)NCc1cccc2ccccc12. The number of unbranched alkanes of at least 4 members (excludes halogenated alkanes) is 1. The Kier molecular flexibility index (Phi) is 13.3. The van der Waals surface area contributed by atoms with E-state index >= 15 is 0 Å². The van der Waals surface area contributed by atoms with Crippen LogP contribution in [-0.4, -0.2) is 50.6 Å². The van der Waals surface area contributed by atoms with Crippen molar-refractivity contribution in [3.63, 3.8) is 0 Å². The number of amides is 3. The van der Waals surface area contributed by atoms with Gasteiger partial charge in [-0.15, -0.1) is 0 Å². The summed E-state index contributed by atoms with van der Waals surface area (Å²) in [7, 11) is 1.47. The molecule has 1 atom stereocenters. The minimum absolute atomic E-state index is 0.0904. The molecule has 0 aliphatic heterocycles. The van der Waals surface area contributed by atoms with Crippen LogP contribution in [0.4, 0.5) is 0 Å². The smallest absolute Gasteiger partial charge is 0.245 e. The zero-order chi connectivity index (χ0) is 23.8. The molecule has 0 saturated heterocycles. The molecule has 0 aliphatic carbocycles. The first-order valence-electron chi connectivity index (χ1n) is 10.5. The lowest BCUT2D eigenvalue weighted by molar-refractivity contribution is -0.131. The molecule has 9 heteroatoms. The number of ether oxygens (including phenoxy) is 1. The largest absolute Gasteiger partial charge is 0.382 e. The van der Waals surface area contributed by atoms with Crippen molar-refractivity contribution < 1.29 is 24.0 Å². The van der Waals surface area contributed by atoms with Crippen LogP contribution in [0.3, 0.4) is 0 Å². The van der Waals surface area contributed by atoms with Crippen LogP contribution in [-0.2, 0) is 30.5 Å². The summed E-state index contributed by atoms with van der Waals surface area (Å²) in [5.74, 6) is -0.847. The van der Waals surface area contributed by atoms with E-state index in [-0.39, 0.29) is 25.0 Å². The van der Waals surface area contributed by atoms with Crippen molar-refractivity contribution in [2.24, 2.45) is 5.73 Å². The Bertz CT molecular complexity index is 854. The number of hydrogen-bond donors (Lipinski definition) is 4. The number of rotatable bonds is 11. The number of benzene rings is 2. The predicted octanol–water partition coefficient (Wildman–Crippen LogP) is 1.40. The third-order valence-electron chi connectivity index (χ3n) is 4.32. The zero-order valence-corrected chi connectivity index (χ0v) is 19.0. The van der Waals surface area contributed by atoms with Gasteiger partial charge < -0.3 is 21.1 Å². The maximum atomic E-state index is 12.2. The molecule has 0 aliphatic rings. The minimum atomic E-state index is -0.758. The standard InChI is InChI=1S/C17H21N3O3.C6H13NO2/c1-23-11-15(20-16(21)9-18)17(22)19-10-13-7-4-6-12-5-2-3-8-14(12)13;1-3-4-5-9-7-6(2)8/h2-8,15H,9-11,18H2,1H3,(H,19,22)(H,20,21);3-5H2,1-2H3,(H,7,8). The highest BCUT2D eigenvalue weighted by molar-refractivity contribution is 5.89. The van der Waals surface area contributed by atoms with Gasteiger partial charge in [0, 0.05) is 20.6 Å². The van der Waals surface area contributed by atoms with Crippen molar-refractivity contribution >= 4 is 28.5 Å². The molecule has 1 unspecified atom stereocenters. The molecule has 2 rings (SSSR count). The third-order valence-corrected chi connectivity index (χ3v) is 4.32. The van der Waals surface area contributed by atoms with Crippen LogP contribution < -0.4 is 21.8 Å². The highest BCUT2D eigenvalue weighted by atomic mass is 16.6. The zero-order valence-electron chi connectivity index (χ0n) is 19.0. The van der Waals surface area contributed by atoms with Gasteiger partial charge in [0.1, 0.15) is 6.04 Å². The maximum Gasteiger partial charge on any atom is 0.245 e. The van der Waals surface area contributed by atoms with Gasteiger partial charge in [-0.25, -0.2) is 5.48 Å². The molecule has 0 aromatic heterocycles. The fourth-order valence-corrected chi connectivity index (χ4v) is 2.72. The Morgan fingerprint density at radius 3 is 2.47 bits per heavy atom. The number of carbonyl (C=O) groups excluding carboxylic acids is 3. The van der Waals surface area contributed by atoms with Gasteiger partial charge in [-0.1, -0.05) is 55.8 Å². The summed E-state index contributed by atoms with van der Waals surface area (Å²) in [5.41, 5.74) is 8.51. The Labute approximate surface area is 189 Å². The maximum absolute atomic E-state index is 12.2. The van der Waals surface area contributed by atoms with E-state index in [9.17, 15) is 14.4 Å². The van der Waals surface area contributed by atoms with E-state index < -0.39 is 11.9 Å². The molecule has 176 valence electrons. The summed E-state index contributed by atoms with van der Waals surface area (Å²) in [6.07, 6.45) is 2.07. The molecular formula is C23H34N4O5. The average Bonchev–Trinajstić information content (AvgIpc) is 2.80. The first-order valence-corrected chi connectivity index (χ1v) is 10.5. The van der Waals surface area contributed by atoms with Gasteiger partial charge in [0.15, 0.2) is 0 Å². The van der Waals surface area contributed by atoms with Crippen LogP contribution in [0.2, 0.25) is 0 Å². The van der Waals surface area contributed by atoms with Crippen molar-refractivity contribution in [1.29, 1.82) is 0 Å². The normalized spacial score (nSPS) is 11.1. The van der Waals surface area contributed by atoms with Gasteiger partial charge in [-0.2, -0.15) is 0 Å². The minimum Gasteiger partial charge on any atom is -0.382 e. The fraction of sp³-hybridized carbons (Fsp3) is 0.435. The van der Waals surface area contributed by atoms with Gasteiger partial charge in [0.05, 0.1) is 19.8 Å². The van der Waals surface area contributed by atoms with E-state index in [0.717, 1.165) is 29.2 Å². The number of hydrogen-bond acceptors (Lipinski definition) is 6. The lowest BCUT2D eigenvalue weighted by atomic mass is 10.0. The highest BCUT2D eigenvalue weighted by Crippen LogP contribution is 2.18. The monoisotopic (exact) mass is 446 g/mol. The second kappa shape index (κ2) is 15.7. The van der Waals surface area contributed by atoms with Crippen LogP contribution in [0.5, 0.6) is 0 Å². The molecule has 0 fully saturated rings. The number of carbonyl (C=O) groups is 3. The molecule has 2 aromatic rings. The molecular weight excluding hydrogens is 412 g/mol. The summed E-state index contributed by atoms with van der Waals surface area (Å²) in [5, 5.41) is 7.57. The summed E-state index contributed by atoms with van der Waals surface area (Å²) < 4.78 is 4.98. The topological polar surface area (TPSA) is 132 Å². The molecule has 0 spiro atoms. The van der Waals surface area contributed by atoms with Crippen LogP contribution in [0, 0.1) is 0 Å². The van der Waals surface area contributed by atoms with Crippen molar-refractivity contribution in [2.45, 2.75) is 39.3 Å². The van der Waals surface area contributed by atoms with Gasteiger partial charge >= 0.3 is 0 Å². The number of methoxy groups -OCH3 is 1. The first kappa shape index (κ1) is 27.0. The van der Waals surface area contributed by atoms with Crippen LogP contribution in [0.15, 0.2) is 42.5 Å². The molecule has 2 aromatic carbocycles. The van der Waals surface area contributed by atoms with E-state index in [1.165, 1.54) is 14.0 Å². The predicted molar refractivity (Wildman–Crippen MR) is 123 cm³/mol. The van der Waals surface area contributed by atoms with Crippen molar-refractivity contribution in [3.05, 3.63) is 48.0 Å². The molecule has 9 nitrogen and oxygen atoms in total. The van der Waals surface area contributed by atoms with E-state index in [4.69, 9.17) is 15.3 Å². The number of fused-ring (bicyclic) bond motifs is 1. The molecule has 0 heterocycles. The molecule has 5 N–H and O–H groups in total. The number of nitrogens with one attached hydrogen (secondary N) is 3. The summed E-state index contributed by atoms with van der Waals surface area (Å²) in [6.45, 7) is 4.39. The van der Waals surface area contributed by atoms with Crippen LogP contribution in [0.25, 0.3) is 10.8 Å². The first-order chi connectivity index (χ1) is 15.4. The molecule has 0 bridgehead atoms. The van der Waals surface area contributed by atoms with E-state index in [1.807, 2.05) is 42.5 Å². The Morgan fingerprint density at radius 2 is 1.81 bits per heavy atom. The fourth-order valence-electron chi connectivity index (χ4n) is 2.72. The van der Waals surface area contributed by atoms with Crippen molar-refractivity contribution in [1.82, 2.24) is 16.1 Å². The lowest BCUT2D eigenvalue weighted by Crippen LogP contribution is -2.50. The molecule has 0 saturated carbocycles. The summed E-state index contributed by atoms with van der Waals surface area (Å²) >= 11 is 0. The molecule has 3 amide bonds. The van der Waals surface area contributed by atoms with Crippen molar-refractivity contribution in [2.75, 3.05) is 26.9 Å². The van der Waals surface area contributed by atoms with Crippen LogP contribution in [0.1, 0.15) is 32.3 Å². The highest BCUT2D eigenvalue weighted by Gasteiger charge is 2.20. The van der Waals surface area contributed by atoms with Gasteiger partial charge in [0.25, 0.3) is 0 Å². The number of hydroxylamine groups is 1. The Hall–Kier alpha value is -3.01. The molecule has 32 heavy (non-hydrogen) atoms. The lowest BCUT2D eigenvalue weighted by Gasteiger charge is -2.17. The Morgan fingerprint density at radius 1 is 1.09 bits per heavy atom. The Balaban J connectivity index is 0.000000482. The van der Waals surface area contributed by atoms with Crippen molar-refractivity contribution in [3.8, 4) is 0 Å². The van der Waals surface area contributed by atoms with Gasteiger partial charge in [-0.05, 0) is 22.8 Å².